The highest BCUT2D eigenvalue weighted by Crippen LogP contribution is 2.26. The van der Waals surface area contributed by atoms with Crippen LogP contribution in [0.2, 0.25) is 0 Å². The number of hydrogen-bond acceptors (Lipinski definition) is 3. The van der Waals surface area contributed by atoms with E-state index in [2.05, 4.69) is 10.1 Å². The molecule has 0 aliphatic heterocycles. The number of ether oxygens (including phenoxy) is 1. The van der Waals surface area contributed by atoms with Crippen molar-refractivity contribution >= 4 is 22.6 Å². The lowest BCUT2D eigenvalue weighted by Gasteiger charge is -2.07. The number of methoxy groups -OCH3 is 1. The third kappa shape index (κ3) is 2.47. The van der Waals surface area contributed by atoms with Gasteiger partial charge in [-0.15, -0.1) is 11.6 Å². The molecule has 3 aromatic rings. The number of nitrogens with zero attached hydrogens (tertiary/aromatic N) is 4. The highest BCUT2D eigenvalue weighted by Gasteiger charge is 2.15. The summed E-state index contributed by atoms with van der Waals surface area (Å²) in [6.07, 6.45) is 3.70. The van der Waals surface area contributed by atoms with E-state index in [1.54, 1.807) is 16.9 Å². The first-order valence-electron chi connectivity index (χ1n) is 6.38. The molecule has 2 heterocycles. The van der Waals surface area contributed by atoms with E-state index >= 15 is 0 Å². The van der Waals surface area contributed by atoms with Crippen LogP contribution in [0.4, 0.5) is 4.39 Å². The van der Waals surface area contributed by atoms with Crippen LogP contribution in [-0.2, 0) is 19.5 Å². The van der Waals surface area contributed by atoms with Crippen LogP contribution in [0.15, 0.2) is 24.5 Å². The molecule has 0 amide bonds. The summed E-state index contributed by atoms with van der Waals surface area (Å²) in [5.74, 6) is 0.690. The molecule has 0 saturated heterocycles. The fourth-order valence-electron chi connectivity index (χ4n) is 2.35. The van der Waals surface area contributed by atoms with Crippen molar-refractivity contribution in [2.45, 2.75) is 12.4 Å². The molecular weight excluding hydrogens is 295 g/mol. The Bertz CT molecular complexity index is 796. The first-order chi connectivity index (χ1) is 10.1. The maximum absolute atomic E-state index is 13.8. The van der Waals surface area contributed by atoms with Crippen LogP contribution in [0.25, 0.3) is 11.0 Å². The van der Waals surface area contributed by atoms with E-state index in [1.165, 1.54) is 13.2 Å². The first-order valence-corrected chi connectivity index (χ1v) is 6.92. The van der Waals surface area contributed by atoms with Gasteiger partial charge >= 0.3 is 0 Å². The van der Waals surface area contributed by atoms with Gasteiger partial charge in [0.1, 0.15) is 5.82 Å². The smallest absolute Gasteiger partial charge is 0.167 e. The molecule has 0 aliphatic rings. The summed E-state index contributed by atoms with van der Waals surface area (Å²) < 4.78 is 22.5. The minimum atomic E-state index is -0.433. The molecule has 0 atom stereocenters. The van der Waals surface area contributed by atoms with Gasteiger partial charge in [-0.1, -0.05) is 0 Å². The summed E-state index contributed by atoms with van der Waals surface area (Å²) in [5, 5.41) is 4.15. The highest BCUT2D eigenvalue weighted by molar-refractivity contribution is 6.16. The zero-order valence-corrected chi connectivity index (χ0v) is 12.4. The molecular formula is C14H14ClFN4O. The van der Waals surface area contributed by atoms with Gasteiger partial charge in [0.05, 0.1) is 36.8 Å². The largest absolute Gasteiger partial charge is 0.494 e. The zero-order valence-electron chi connectivity index (χ0n) is 11.7. The van der Waals surface area contributed by atoms with E-state index in [-0.39, 0.29) is 11.6 Å². The number of benzene rings is 1. The molecule has 7 heteroatoms. The molecule has 21 heavy (non-hydrogen) atoms. The molecule has 5 nitrogen and oxygen atoms in total. The van der Waals surface area contributed by atoms with E-state index in [0.717, 1.165) is 11.1 Å². The lowest BCUT2D eigenvalue weighted by Crippen LogP contribution is -2.03. The second-order valence-corrected chi connectivity index (χ2v) is 5.01. The van der Waals surface area contributed by atoms with Gasteiger partial charge in [0.25, 0.3) is 0 Å². The van der Waals surface area contributed by atoms with Crippen molar-refractivity contribution in [3.63, 3.8) is 0 Å². The Kier molecular flexibility index (Phi) is 3.55. The van der Waals surface area contributed by atoms with Crippen molar-refractivity contribution in [3.05, 3.63) is 41.7 Å². The number of halogens is 2. The predicted octanol–water partition coefficient (Wildman–Crippen LogP) is 2.70. The number of aromatic nitrogens is 4. The summed E-state index contributed by atoms with van der Waals surface area (Å²) in [6, 6.07) is 3.01. The molecule has 0 fully saturated rings. The highest BCUT2D eigenvalue weighted by atomic mass is 35.5. The summed E-state index contributed by atoms with van der Waals surface area (Å²) in [6.45, 7) is 0.571. The van der Waals surface area contributed by atoms with E-state index in [4.69, 9.17) is 16.3 Å². The molecule has 2 aromatic heterocycles. The first kappa shape index (κ1) is 13.9. The number of alkyl halides is 1. The number of aryl methyl sites for hydroxylation is 1. The summed E-state index contributed by atoms with van der Waals surface area (Å²) in [5.41, 5.74) is 2.37. The van der Waals surface area contributed by atoms with Crippen molar-refractivity contribution in [2.24, 2.45) is 7.05 Å². The van der Waals surface area contributed by atoms with Crippen molar-refractivity contribution in [3.8, 4) is 5.75 Å². The maximum Gasteiger partial charge on any atom is 0.167 e. The van der Waals surface area contributed by atoms with Crippen LogP contribution in [0.3, 0.4) is 0 Å². The van der Waals surface area contributed by atoms with E-state index in [9.17, 15) is 4.39 Å². The lowest BCUT2D eigenvalue weighted by atomic mass is 10.2. The van der Waals surface area contributed by atoms with Gasteiger partial charge in [0.2, 0.25) is 0 Å². The van der Waals surface area contributed by atoms with Crippen LogP contribution in [-0.4, -0.2) is 26.4 Å². The molecule has 1 aromatic carbocycles. The number of imidazole rings is 1. The second kappa shape index (κ2) is 5.37. The van der Waals surface area contributed by atoms with Gasteiger partial charge in [-0.2, -0.15) is 5.10 Å². The molecule has 0 saturated carbocycles. The Balaban J connectivity index is 2.14. The van der Waals surface area contributed by atoms with Crippen LogP contribution in [0.5, 0.6) is 5.75 Å². The normalized spacial score (nSPS) is 11.2. The van der Waals surface area contributed by atoms with Gasteiger partial charge in [0.15, 0.2) is 11.6 Å². The van der Waals surface area contributed by atoms with Crippen molar-refractivity contribution in [1.29, 1.82) is 0 Å². The Hall–Kier alpha value is -2.08. The van der Waals surface area contributed by atoms with Crippen molar-refractivity contribution < 1.29 is 9.13 Å². The molecule has 0 bridgehead atoms. The Labute approximate surface area is 125 Å². The van der Waals surface area contributed by atoms with Crippen LogP contribution in [0.1, 0.15) is 11.4 Å². The Morgan fingerprint density at radius 1 is 1.38 bits per heavy atom. The average molecular weight is 309 g/mol. The quantitative estimate of drug-likeness (QED) is 0.696. The minimum absolute atomic E-state index is 0.191. The molecule has 0 aliphatic carbocycles. The summed E-state index contributed by atoms with van der Waals surface area (Å²) in [7, 11) is 3.30. The second-order valence-electron chi connectivity index (χ2n) is 4.75. The Morgan fingerprint density at radius 2 is 2.19 bits per heavy atom. The fourth-order valence-corrected chi connectivity index (χ4v) is 2.55. The van der Waals surface area contributed by atoms with E-state index in [0.29, 0.717) is 17.9 Å². The molecule has 110 valence electrons. The van der Waals surface area contributed by atoms with Crippen LogP contribution in [0, 0.1) is 5.82 Å². The van der Waals surface area contributed by atoms with Crippen LogP contribution >= 0.6 is 11.6 Å². The van der Waals surface area contributed by atoms with Crippen molar-refractivity contribution in [2.75, 3.05) is 7.11 Å². The molecule has 0 radical (unpaired) electrons. The van der Waals surface area contributed by atoms with Gasteiger partial charge < -0.3 is 9.30 Å². The third-order valence-electron chi connectivity index (χ3n) is 3.32. The van der Waals surface area contributed by atoms with Gasteiger partial charge in [-0.3, -0.25) is 4.68 Å². The zero-order chi connectivity index (χ0) is 15.0. The summed E-state index contributed by atoms with van der Waals surface area (Å²) in [4.78, 5) is 4.38. The number of rotatable bonds is 4. The number of hydrogen-bond donors (Lipinski definition) is 0. The van der Waals surface area contributed by atoms with Crippen LogP contribution < -0.4 is 4.74 Å². The predicted molar refractivity (Wildman–Crippen MR) is 78.1 cm³/mol. The standard InChI is InChI=1S/C14H14ClFN4O/c1-19-7-9(6-17-19)8-20-12-4-13(21-2)10(16)3-11(12)18-14(20)5-15/h3-4,6-7H,5,8H2,1-2H3. The fraction of sp³-hybridized carbons (Fsp3) is 0.286. The molecule has 0 spiro atoms. The topological polar surface area (TPSA) is 44.9 Å². The number of fused-ring (bicyclic) bond motifs is 1. The molecule has 0 unspecified atom stereocenters. The summed E-state index contributed by atoms with van der Waals surface area (Å²) >= 11 is 5.96. The van der Waals surface area contributed by atoms with Crippen molar-refractivity contribution in [1.82, 2.24) is 19.3 Å². The molecule has 3 rings (SSSR count). The lowest BCUT2D eigenvalue weighted by molar-refractivity contribution is 0.387. The van der Waals surface area contributed by atoms with E-state index < -0.39 is 5.82 Å². The SMILES string of the molecule is COc1cc2c(cc1F)nc(CCl)n2Cc1cnn(C)c1. The molecule has 0 N–H and O–H groups in total. The minimum Gasteiger partial charge on any atom is -0.494 e. The van der Waals surface area contributed by atoms with Gasteiger partial charge in [-0.05, 0) is 0 Å². The van der Waals surface area contributed by atoms with E-state index in [1.807, 2.05) is 17.8 Å². The van der Waals surface area contributed by atoms with Gasteiger partial charge in [-0.25, -0.2) is 9.37 Å². The monoisotopic (exact) mass is 308 g/mol. The third-order valence-corrected chi connectivity index (χ3v) is 3.56. The maximum atomic E-state index is 13.8. The van der Waals surface area contributed by atoms with Gasteiger partial charge in [0, 0.05) is 30.9 Å². The Morgan fingerprint density at radius 3 is 2.81 bits per heavy atom. The average Bonchev–Trinajstić information content (AvgIpc) is 3.02.